The number of esters is 1. The SMILES string of the molecule is COc1cc(/C=N\NC(=O)[C@H](C)Oc2ccc3ccccc3c2)ccc1OC(=O)c1ccc(Cl)cc1Cl. The van der Waals surface area contributed by atoms with Crippen LogP contribution in [0.25, 0.3) is 10.8 Å². The van der Waals surface area contributed by atoms with Gasteiger partial charge in [-0.05, 0) is 71.8 Å². The first kappa shape index (κ1) is 26.0. The number of nitrogens with one attached hydrogen (secondary N) is 1. The molecule has 4 aromatic carbocycles. The average molecular weight is 537 g/mol. The molecule has 0 aliphatic carbocycles. The van der Waals surface area contributed by atoms with Gasteiger partial charge in [0, 0.05) is 5.02 Å². The number of ether oxygens (including phenoxy) is 3. The minimum atomic E-state index is -0.769. The number of rotatable bonds is 8. The van der Waals surface area contributed by atoms with Crippen LogP contribution in [0, 0.1) is 0 Å². The highest BCUT2D eigenvalue weighted by molar-refractivity contribution is 6.36. The van der Waals surface area contributed by atoms with Gasteiger partial charge in [-0.1, -0.05) is 53.5 Å². The summed E-state index contributed by atoms with van der Waals surface area (Å²) in [5.41, 5.74) is 3.23. The lowest BCUT2D eigenvalue weighted by Gasteiger charge is -2.13. The summed E-state index contributed by atoms with van der Waals surface area (Å²) in [7, 11) is 1.44. The highest BCUT2D eigenvalue weighted by Gasteiger charge is 2.17. The van der Waals surface area contributed by atoms with Crippen molar-refractivity contribution in [3.63, 3.8) is 0 Å². The Labute approximate surface area is 223 Å². The number of methoxy groups -OCH3 is 1. The van der Waals surface area contributed by atoms with E-state index in [9.17, 15) is 9.59 Å². The monoisotopic (exact) mass is 536 g/mol. The lowest BCUT2D eigenvalue weighted by Crippen LogP contribution is -2.33. The van der Waals surface area contributed by atoms with Crippen molar-refractivity contribution in [3.8, 4) is 17.2 Å². The van der Waals surface area contributed by atoms with Crippen molar-refractivity contribution >= 4 is 52.1 Å². The Bertz CT molecular complexity index is 1490. The van der Waals surface area contributed by atoms with Crippen molar-refractivity contribution in [2.45, 2.75) is 13.0 Å². The van der Waals surface area contributed by atoms with E-state index in [0.717, 1.165) is 10.8 Å². The summed E-state index contributed by atoms with van der Waals surface area (Å²) in [6.45, 7) is 1.64. The predicted molar refractivity (Wildman–Crippen MR) is 144 cm³/mol. The minimum absolute atomic E-state index is 0.168. The number of carbonyl (C=O) groups excluding carboxylic acids is 2. The van der Waals surface area contributed by atoms with Gasteiger partial charge in [0.2, 0.25) is 0 Å². The van der Waals surface area contributed by atoms with Crippen molar-refractivity contribution in [2.75, 3.05) is 7.11 Å². The second kappa shape index (κ2) is 11.8. The Balaban J connectivity index is 1.36. The zero-order valence-corrected chi connectivity index (χ0v) is 21.4. The van der Waals surface area contributed by atoms with Crippen LogP contribution in [0.5, 0.6) is 17.2 Å². The Kier molecular flexibility index (Phi) is 8.28. The van der Waals surface area contributed by atoms with Gasteiger partial charge in [-0.2, -0.15) is 5.10 Å². The maximum Gasteiger partial charge on any atom is 0.345 e. The summed E-state index contributed by atoms with van der Waals surface area (Å²) in [6.07, 6.45) is 0.666. The minimum Gasteiger partial charge on any atom is -0.493 e. The number of amides is 1. The van der Waals surface area contributed by atoms with E-state index in [1.807, 2.05) is 42.5 Å². The van der Waals surface area contributed by atoms with E-state index in [0.29, 0.717) is 22.1 Å². The molecule has 1 N–H and O–H groups in total. The molecule has 0 aliphatic rings. The first-order valence-corrected chi connectivity index (χ1v) is 11.9. The van der Waals surface area contributed by atoms with Gasteiger partial charge >= 0.3 is 5.97 Å². The molecule has 4 rings (SSSR count). The summed E-state index contributed by atoms with van der Waals surface area (Å²) in [6, 6.07) is 22.8. The van der Waals surface area contributed by atoms with Gasteiger partial charge in [-0.3, -0.25) is 4.79 Å². The molecule has 0 saturated heterocycles. The third kappa shape index (κ3) is 6.58. The van der Waals surface area contributed by atoms with Gasteiger partial charge in [0.1, 0.15) is 5.75 Å². The summed E-state index contributed by atoms with van der Waals surface area (Å²) in [5, 5.41) is 6.68. The topological polar surface area (TPSA) is 86.2 Å². The number of fused-ring (bicyclic) bond motifs is 1. The number of carbonyl (C=O) groups is 2. The Hall–Kier alpha value is -4.07. The molecule has 0 unspecified atom stereocenters. The summed E-state index contributed by atoms with van der Waals surface area (Å²) >= 11 is 12.0. The van der Waals surface area contributed by atoms with Crippen molar-refractivity contribution in [2.24, 2.45) is 5.10 Å². The fourth-order valence-electron chi connectivity index (χ4n) is 3.42. The third-order valence-electron chi connectivity index (χ3n) is 5.33. The summed E-state index contributed by atoms with van der Waals surface area (Å²) in [5.74, 6) is -0.00488. The number of hydrogen-bond donors (Lipinski definition) is 1. The molecule has 4 aromatic rings. The average Bonchev–Trinajstić information content (AvgIpc) is 2.89. The molecule has 0 fully saturated rings. The number of hydrogen-bond acceptors (Lipinski definition) is 6. The highest BCUT2D eigenvalue weighted by atomic mass is 35.5. The van der Waals surface area contributed by atoms with Crippen LogP contribution in [0.3, 0.4) is 0 Å². The second-order valence-electron chi connectivity index (χ2n) is 7.93. The lowest BCUT2D eigenvalue weighted by atomic mass is 10.1. The molecule has 9 heteroatoms. The van der Waals surface area contributed by atoms with Gasteiger partial charge in [0.25, 0.3) is 5.91 Å². The van der Waals surface area contributed by atoms with Crippen molar-refractivity contribution in [1.82, 2.24) is 5.43 Å². The molecule has 37 heavy (non-hydrogen) atoms. The van der Waals surface area contributed by atoms with Gasteiger partial charge in [0.15, 0.2) is 17.6 Å². The smallest absolute Gasteiger partial charge is 0.345 e. The highest BCUT2D eigenvalue weighted by Crippen LogP contribution is 2.30. The molecule has 0 heterocycles. The lowest BCUT2D eigenvalue weighted by molar-refractivity contribution is -0.127. The summed E-state index contributed by atoms with van der Waals surface area (Å²) < 4.78 is 16.5. The fourth-order valence-corrected chi connectivity index (χ4v) is 3.90. The van der Waals surface area contributed by atoms with Crippen LogP contribution in [0.2, 0.25) is 10.0 Å². The molecule has 0 aliphatic heterocycles. The molecule has 0 aromatic heterocycles. The van der Waals surface area contributed by atoms with Crippen LogP contribution < -0.4 is 19.6 Å². The molecule has 1 atom stereocenters. The summed E-state index contributed by atoms with van der Waals surface area (Å²) in [4.78, 5) is 24.9. The van der Waals surface area contributed by atoms with Gasteiger partial charge in [0.05, 0.1) is 23.9 Å². The molecular weight excluding hydrogens is 515 g/mol. The van der Waals surface area contributed by atoms with Crippen LogP contribution in [0.1, 0.15) is 22.8 Å². The van der Waals surface area contributed by atoms with E-state index in [1.165, 1.54) is 25.5 Å². The van der Waals surface area contributed by atoms with Gasteiger partial charge in [-0.25, -0.2) is 10.2 Å². The molecular formula is C28H22Cl2N2O5. The molecule has 0 bridgehead atoms. The normalized spacial score (nSPS) is 11.8. The Morgan fingerprint density at radius 3 is 2.46 bits per heavy atom. The third-order valence-corrected chi connectivity index (χ3v) is 5.88. The van der Waals surface area contributed by atoms with Crippen LogP contribution in [0.4, 0.5) is 0 Å². The van der Waals surface area contributed by atoms with Crippen LogP contribution >= 0.6 is 23.2 Å². The van der Waals surface area contributed by atoms with Crippen LogP contribution in [-0.2, 0) is 4.79 Å². The van der Waals surface area contributed by atoms with E-state index >= 15 is 0 Å². The quantitative estimate of drug-likeness (QED) is 0.124. The standard InChI is InChI=1S/C28H22Cl2N2O5/c1-17(36-22-10-8-19-5-3-4-6-20(19)14-22)27(33)32-31-16-18-7-12-25(26(13-18)35-2)37-28(34)23-11-9-21(29)15-24(23)30/h3-17H,1-2H3,(H,32,33)/b31-16-/t17-/m0/s1. The van der Waals surface area contributed by atoms with Crippen molar-refractivity contribution in [1.29, 1.82) is 0 Å². The Morgan fingerprint density at radius 2 is 1.70 bits per heavy atom. The fraction of sp³-hybridized carbons (Fsp3) is 0.107. The zero-order valence-electron chi connectivity index (χ0n) is 19.9. The number of benzene rings is 4. The molecule has 0 spiro atoms. The predicted octanol–water partition coefficient (Wildman–Crippen LogP) is 6.29. The van der Waals surface area contributed by atoms with Crippen molar-refractivity contribution in [3.05, 3.63) is 100 Å². The van der Waals surface area contributed by atoms with E-state index in [-0.39, 0.29) is 16.3 Å². The van der Waals surface area contributed by atoms with E-state index in [1.54, 1.807) is 31.2 Å². The second-order valence-corrected chi connectivity index (χ2v) is 8.77. The number of nitrogens with zero attached hydrogens (tertiary/aromatic N) is 1. The molecule has 0 saturated carbocycles. The molecule has 1 amide bonds. The van der Waals surface area contributed by atoms with E-state index in [4.69, 9.17) is 37.4 Å². The van der Waals surface area contributed by atoms with E-state index < -0.39 is 18.0 Å². The van der Waals surface area contributed by atoms with Gasteiger partial charge in [-0.15, -0.1) is 0 Å². The maximum absolute atomic E-state index is 12.5. The zero-order chi connectivity index (χ0) is 26.4. The largest absolute Gasteiger partial charge is 0.493 e. The molecule has 7 nitrogen and oxygen atoms in total. The van der Waals surface area contributed by atoms with Crippen LogP contribution in [0.15, 0.2) is 84.0 Å². The van der Waals surface area contributed by atoms with Crippen LogP contribution in [-0.4, -0.2) is 31.3 Å². The number of hydrazone groups is 1. The van der Waals surface area contributed by atoms with Crippen molar-refractivity contribution < 1.29 is 23.8 Å². The molecule has 188 valence electrons. The Morgan fingerprint density at radius 1 is 0.919 bits per heavy atom. The first-order chi connectivity index (χ1) is 17.8. The number of halogens is 2. The van der Waals surface area contributed by atoms with Gasteiger partial charge < -0.3 is 14.2 Å². The first-order valence-electron chi connectivity index (χ1n) is 11.2. The van der Waals surface area contributed by atoms with E-state index in [2.05, 4.69) is 10.5 Å². The molecule has 0 radical (unpaired) electrons. The maximum atomic E-state index is 12.5.